The number of aromatic nitrogens is 1. The lowest BCUT2D eigenvalue weighted by Crippen LogP contribution is -2.17. The number of aliphatic imine (C=N–C) groups is 1. The first-order valence-electron chi connectivity index (χ1n) is 22.0. The number of allylic oxidation sites excluding steroid dienone is 3. The lowest BCUT2D eigenvalue weighted by atomic mass is 9.82. The average Bonchev–Trinajstić information content (AvgIpc) is 3.78. The van der Waals surface area contributed by atoms with Crippen molar-refractivity contribution in [1.82, 2.24) is 4.57 Å². The van der Waals surface area contributed by atoms with Crippen LogP contribution in [-0.2, 0) is 5.41 Å². The van der Waals surface area contributed by atoms with E-state index in [4.69, 9.17) is 0 Å². The van der Waals surface area contributed by atoms with E-state index in [0.29, 0.717) is 0 Å². The summed E-state index contributed by atoms with van der Waals surface area (Å²) in [6.07, 6.45) is 3.88. The maximum Gasteiger partial charge on any atom is 0.0547 e. The molecule has 1 heterocycles. The maximum absolute atomic E-state index is 4.02. The molecule has 1 aliphatic carbocycles. The van der Waals surface area contributed by atoms with Gasteiger partial charge in [0.2, 0.25) is 0 Å². The SMILES string of the molecule is C=N/C=C\C1=C(C)C(C)(C)c2cc(N(c3ccc(-c4ccccc4)cc3)c3ccc(-c4ccc(-c5ccc6c(c5)c5c7ccccc7ccc5n6-c5ccccc5)cc4)cc3)ccc21. The quantitative estimate of drug-likeness (QED) is 0.133. The van der Waals surface area contributed by atoms with Crippen molar-refractivity contribution in [1.29, 1.82) is 0 Å². The Morgan fingerprint density at radius 1 is 0.500 bits per heavy atom. The van der Waals surface area contributed by atoms with E-state index in [1.165, 1.54) is 88.2 Å². The summed E-state index contributed by atoms with van der Waals surface area (Å²) in [5.41, 5.74) is 19.0. The fourth-order valence-electron chi connectivity index (χ4n) is 9.87. The van der Waals surface area contributed by atoms with Crippen molar-refractivity contribution in [2.75, 3.05) is 4.90 Å². The van der Waals surface area contributed by atoms with Gasteiger partial charge in [0.25, 0.3) is 0 Å². The maximum atomic E-state index is 4.02. The van der Waals surface area contributed by atoms with Crippen LogP contribution >= 0.6 is 0 Å². The van der Waals surface area contributed by atoms with Crippen LogP contribution in [-0.4, -0.2) is 11.3 Å². The topological polar surface area (TPSA) is 20.5 Å². The molecule has 64 heavy (non-hydrogen) atoms. The highest BCUT2D eigenvalue weighted by Gasteiger charge is 2.35. The van der Waals surface area contributed by atoms with E-state index in [9.17, 15) is 0 Å². The van der Waals surface area contributed by atoms with Crippen LogP contribution in [0, 0.1) is 0 Å². The molecule has 0 saturated heterocycles. The minimum atomic E-state index is -0.133. The highest BCUT2D eigenvalue weighted by molar-refractivity contribution is 6.22. The van der Waals surface area contributed by atoms with Gasteiger partial charge in [-0.05, 0) is 147 Å². The number of fused-ring (bicyclic) bond motifs is 6. The van der Waals surface area contributed by atoms with E-state index in [0.717, 1.165) is 22.7 Å². The fourth-order valence-corrected chi connectivity index (χ4v) is 9.87. The van der Waals surface area contributed by atoms with Crippen LogP contribution in [0.2, 0.25) is 0 Å². The van der Waals surface area contributed by atoms with Crippen LogP contribution in [0.4, 0.5) is 17.1 Å². The van der Waals surface area contributed by atoms with Gasteiger partial charge in [0, 0.05) is 45.1 Å². The number of para-hydroxylation sites is 1. The van der Waals surface area contributed by atoms with Crippen molar-refractivity contribution in [3.63, 3.8) is 0 Å². The molecule has 0 fully saturated rings. The van der Waals surface area contributed by atoms with Crippen LogP contribution < -0.4 is 4.90 Å². The predicted octanol–water partition coefficient (Wildman–Crippen LogP) is 16.7. The standard InChI is InChI=1S/C61H47N3/c1-41-53(37-38-62-4)55-34-33-52(40-57(55)61(41,2)3)63(50-29-23-44(24-30-50)42-13-7-5-8-14-42)51-31-25-45(26-32-51)43-19-21-46(22-20-43)48-28-35-58-56(39-48)60-54-18-12-11-15-47(54)27-36-59(60)64(58)49-16-9-6-10-17-49/h5-40H,4H2,1-3H3/b38-37-. The van der Waals surface area contributed by atoms with Crippen LogP contribution in [0.25, 0.3) is 77.2 Å². The highest BCUT2D eigenvalue weighted by atomic mass is 15.1. The van der Waals surface area contributed by atoms with Gasteiger partial charge in [-0.3, -0.25) is 4.99 Å². The lowest BCUT2D eigenvalue weighted by molar-refractivity contribution is 0.639. The van der Waals surface area contributed by atoms with Gasteiger partial charge in [-0.1, -0.05) is 159 Å². The Hall–Kier alpha value is -8.01. The van der Waals surface area contributed by atoms with Gasteiger partial charge in [0.15, 0.2) is 0 Å². The zero-order valence-electron chi connectivity index (χ0n) is 36.3. The number of anilines is 3. The van der Waals surface area contributed by atoms with Crippen molar-refractivity contribution < 1.29 is 0 Å². The average molecular weight is 822 g/mol. The molecular weight excluding hydrogens is 775 g/mol. The third kappa shape index (κ3) is 6.56. The fraction of sp³-hybridized carbons (Fsp3) is 0.0656. The molecule has 0 aliphatic heterocycles. The van der Waals surface area contributed by atoms with Gasteiger partial charge >= 0.3 is 0 Å². The molecule has 11 rings (SSSR count). The van der Waals surface area contributed by atoms with E-state index in [-0.39, 0.29) is 5.41 Å². The number of benzene rings is 9. The van der Waals surface area contributed by atoms with Crippen molar-refractivity contribution in [3.05, 3.63) is 235 Å². The molecule has 3 heteroatoms. The van der Waals surface area contributed by atoms with Crippen LogP contribution in [0.15, 0.2) is 229 Å². The molecule has 1 aromatic heterocycles. The van der Waals surface area contributed by atoms with Crippen molar-refractivity contribution in [3.8, 4) is 39.1 Å². The zero-order chi connectivity index (χ0) is 43.4. The molecule has 0 atom stereocenters. The van der Waals surface area contributed by atoms with Gasteiger partial charge in [-0.25, -0.2) is 0 Å². The Morgan fingerprint density at radius 2 is 1.03 bits per heavy atom. The third-order valence-corrected chi connectivity index (χ3v) is 13.5. The summed E-state index contributed by atoms with van der Waals surface area (Å²) >= 11 is 0. The van der Waals surface area contributed by atoms with Crippen LogP contribution in [0.3, 0.4) is 0 Å². The summed E-state index contributed by atoms with van der Waals surface area (Å²) in [4.78, 5) is 6.39. The molecule has 306 valence electrons. The lowest BCUT2D eigenvalue weighted by Gasteiger charge is -2.29. The summed E-state index contributed by atoms with van der Waals surface area (Å²) in [5, 5.41) is 5.07. The Kier molecular flexibility index (Phi) is 9.55. The molecule has 0 amide bonds. The monoisotopic (exact) mass is 821 g/mol. The Bertz CT molecular complexity index is 3440. The minimum Gasteiger partial charge on any atom is -0.310 e. The van der Waals surface area contributed by atoms with E-state index < -0.39 is 0 Å². The van der Waals surface area contributed by atoms with Crippen LogP contribution in [0.1, 0.15) is 31.9 Å². The van der Waals surface area contributed by atoms with E-state index in [1.807, 2.05) is 0 Å². The Morgan fingerprint density at radius 3 is 1.69 bits per heavy atom. The first-order chi connectivity index (χ1) is 31.4. The summed E-state index contributed by atoms with van der Waals surface area (Å²) in [6, 6.07) is 75.3. The summed E-state index contributed by atoms with van der Waals surface area (Å²) in [7, 11) is 0. The molecular formula is C61H47N3. The van der Waals surface area contributed by atoms with Gasteiger partial charge in [0.05, 0.1) is 11.0 Å². The van der Waals surface area contributed by atoms with Gasteiger partial charge in [-0.2, -0.15) is 0 Å². The molecule has 0 spiro atoms. The summed E-state index contributed by atoms with van der Waals surface area (Å²) in [5.74, 6) is 0. The van der Waals surface area contributed by atoms with Crippen molar-refractivity contribution >= 4 is 61.9 Å². The predicted molar refractivity (Wildman–Crippen MR) is 274 cm³/mol. The molecule has 0 radical (unpaired) electrons. The van der Waals surface area contributed by atoms with Crippen molar-refractivity contribution in [2.45, 2.75) is 26.2 Å². The van der Waals surface area contributed by atoms with Crippen LogP contribution in [0.5, 0.6) is 0 Å². The van der Waals surface area contributed by atoms with E-state index in [1.54, 1.807) is 6.20 Å². The van der Waals surface area contributed by atoms with E-state index >= 15 is 0 Å². The molecule has 3 nitrogen and oxygen atoms in total. The molecule has 0 N–H and O–H groups in total. The summed E-state index contributed by atoms with van der Waals surface area (Å²) < 4.78 is 2.40. The summed E-state index contributed by atoms with van der Waals surface area (Å²) in [6.45, 7) is 10.5. The number of rotatable bonds is 9. The van der Waals surface area contributed by atoms with E-state index in [2.05, 4.69) is 254 Å². The second-order valence-corrected chi connectivity index (χ2v) is 17.3. The Balaban J connectivity index is 0.946. The zero-order valence-corrected chi connectivity index (χ0v) is 36.3. The molecule has 10 aromatic rings. The molecule has 0 bridgehead atoms. The van der Waals surface area contributed by atoms with Gasteiger partial charge < -0.3 is 9.47 Å². The van der Waals surface area contributed by atoms with Gasteiger partial charge in [-0.15, -0.1) is 0 Å². The number of nitrogens with zero attached hydrogens (tertiary/aromatic N) is 3. The number of hydrogen-bond acceptors (Lipinski definition) is 2. The first-order valence-corrected chi connectivity index (χ1v) is 22.0. The third-order valence-electron chi connectivity index (χ3n) is 13.5. The largest absolute Gasteiger partial charge is 0.310 e. The smallest absolute Gasteiger partial charge is 0.0547 e. The first kappa shape index (κ1) is 38.9. The second-order valence-electron chi connectivity index (χ2n) is 17.3. The van der Waals surface area contributed by atoms with Crippen molar-refractivity contribution in [2.24, 2.45) is 4.99 Å². The molecule has 1 aliphatic rings. The molecule has 9 aromatic carbocycles. The highest BCUT2D eigenvalue weighted by Crippen LogP contribution is 2.49. The molecule has 0 unspecified atom stereocenters. The number of hydrogen-bond donors (Lipinski definition) is 0. The minimum absolute atomic E-state index is 0.133. The van der Waals surface area contributed by atoms with Gasteiger partial charge in [0.1, 0.15) is 0 Å². The molecule has 0 saturated carbocycles. The Labute approximate surface area is 375 Å². The second kappa shape index (κ2) is 15.7. The normalized spacial score (nSPS) is 13.3.